The molecule has 8 nitrogen and oxygen atoms in total. The Labute approximate surface area is 236 Å². The predicted octanol–water partition coefficient (Wildman–Crippen LogP) is 5.56. The predicted molar refractivity (Wildman–Crippen MR) is 154 cm³/mol. The van der Waals surface area contributed by atoms with Gasteiger partial charge in [0, 0.05) is 12.6 Å². The van der Waals surface area contributed by atoms with E-state index < -0.39 is 0 Å². The Kier molecular flexibility index (Phi) is 9.09. The van der Waals surface area contributed by atoms with Gasteiger partial charge in [-0.2, -0.15) is 0 Å². The molecule has 0 saturated carbocycles. The number of benzene rings is 3. The van der Waals surface area contributed by atoms with Crippen LogP contribution < -0.4 is 28.4 Å². The molecule has 0 aromatic heterocycles. The molecule has 1 unspecified atom stereocenters. The summed E-state index contributed by atoms with van der Waals surface area (Å²) in [5.74, 6) is 3.43. The van der Waals surface area contributed by atoms with E-state index in [1.54, 1.807) is 59.8 Å². The maximum Gasteiger partial charge on any atom is 0.247 e. The number of hydrogen-bond donors (Lipinski definition) is 0. The minimum Gasteiger partial charge on any atom is -0.493 e. The van der Waals surface area contributed by atoms with Crippen molar-refractivity contribution in [3.05, 3.63) is 76.4 Å². The molecule has 1 heterocycles. The number of ether oxygens (including phenoxy) is 6. The quantitative estimate of drug-likeness (QED) is 0.308. The Hall–Kier alpha value is -4.33. The largest absolute Gasteiger partial charge is 0.493 e. The lowest BCUT2D eigenvalue weighted by molar-refractivity contribution is -0.129. The van der Waals surface area contributed by atoms with Crippen molar-refractivity contribution in [1.82, 2.24) is 4.90 Å². The first-order valence-electron chi connectivity index (χ1n) is 13.1. The van der Waals surface area contributed by atoms with Gasteiger partial charge < -0.3 is 33.3 Å². The van der Waals surface area contributed by atoms with Crippen molar-refractivity contribution < 1.29 is 33.2 Å². The minimum absolute atomic E-state index is 0.136. The SMILES string of the molecule is COc1cc2c(cc1OC)C(COc1cc(C)cc(C)c1)N(C(=O)/C=C/c1cc(OC)c(OC)c(OC)c1)CC2. The highest BCUT2D eigenvalue weighted by Gasteiger charge is 2.32. The topological polar surface area (TPSA) is 75.7 Å². The van der Waals surface area contributed by atoms with E-state index in [1.807, 2.05) is 43.0 Å². The smallest absolute Gasteiger partial charge is 0.247 e. The molecule has 0 aliphatic carbocycles. The van der Waals surface area contributed by atoms with Gasteiger partial charge >= 0.3 is 0 Å². The van der Waals surface area contributed by atoms with Crippen LogP contribution in [0.3, 0.4) is 0 Å². The summed E-state index contributed by atoms with van der Waals surface area (Å²) in [5, 5.41) is 0. The summed E-state index contributed by atoms with van der Waals surface area (Å²) in [5.41, 5.74) is 5.06. The summed E-state index contributed by atoms with van der Waals surface area (Å²) in [6.45, 7) is 4.89. The van der Waals surface area contributed by atoms with Crippen LogP contribution in [0.25, 0.3) is 6.08 Å². The van der Waals surface area contributed by atoms with E-state index in [0.29, 0.717) is 41.7 Å². The summed E-state index contributed by atoms with van der Waals surface area (Å²) in [6, 6.07) is 13.3. The molecule has 0 fully saturated rings. The number of amides is 1. The molecule has 0 saturated heterocycles. The lowest BCUT2D eigenvalue weighted by atomic mass is 9.92. The van der Waals surface area contributed by atoms with Crippen LogP contribution in [0.5, 0.6) is 34.5 Å². The lowest BCUT2D eigenvalue weighted by Gasteiger charge is -2.37. The van der Waals surface area contributed by atoms with Gasteiger partial charge in [-0.3, -0.25) is 4.79 Å². The minimum atomic E-state index is -0.332. The molecule has 8 heteroatoms. The van der Waals surface area contributed by atoms with Crippen LogP contribution in [-0.4, -0.2) is 59.5 Å². The maximum absolute atomic E-state index is 13.7. The van der Waals surface area contributed by atoms with Crippen LogP contribution in [0.15, 0.2) is 48.5 Å². The van der Waals surface area contributed by atoms with E-state index in [1.165, 1.54) is 0 Å². The molecule has 1 amide bonds. The van der Waals surface area contributed by atoms with Crippen LogP contribution in [0.4, 0.5) is 0 Å². The van der Waals surface area contributed by atoms with Crippen LogP contribution in [0, 0.1) is 13.8 Å². The summed E-state index contributed by atoms with van der Waals surface area (Å²) < 4.78 is 33.7. The molecule has 1 atom stereocenters. The van der Waals surface area contributed by atoms with Crippen LogP contribution in [-0.2, 0) is 11.2 Å². The van der Waals surface area contributed by atoms with Gasteiger partial charge in [0.2, 0.25) is 11.7 Å². The Bertz CT molecular complexity index is 1350. The van der Waals surface area contributed by atoms with E-state index in [2.05, 4.69) is 6.07 Å². The number of rotatable bonds is 10. The van der Waals surface area contributed by atoms with Crippen molar-refractivity contribution in [2.45, 2.75) is 26.3 Å². The second-order valence-electron chi connectivity index (χ2n) is 9.63. The number of aryl methyl sites for hydroxylation is 2. The molecule has 3 aromatic carbocycles. The summed E-state index contributed by atoms with van der Waals surface area (Å²) in [4.78, 5) is 15.5. The van der Waals surface area contributed by atoms with Crippen molar-refractivity contribution >= 4 is 12.0 Å². The van der Waals surface area contributed by atoms with Gasteiger partial charge in [-0.25, -0.2) is 0 Å². The highest BCUT2D eigenvalue weighted by molar-refractivity contribution is 5.92. The normalized spacial score (nSPS) is 14.5. The van der Waals surface area contributed by atoms with E-state index in [0.717, 1.165) is 33.6 Å². The molecule has 1 aliphatic heterocycles. The van der Waals surface area contributed by atoms with Gasteiger partial charge in [0.05, 0.1) is 41.6 Å². The maximum atomic E-state index is 13.7. The number of methoxy groups -OCH3 is 5. The zero-order chi connectivity index (χ0) is 28.8. The fourth-order valence-electron chi connectivity index (χ4n) is 5.12. The van der Waals surface area contributed by atoms with Crippen LogP contribution >= 0.6 is 0 Å². The Balaban J connectivity index is 1.67. The second kappa shape index (κ2) is 12.7. The van der Waals surface area contributed by atoms with Crippen molar-refractivity contribution in [2.24, 2.45) is 0 Å². The Morgan fingerprint density at radius 1 is 0.800 bits per heavy atom. The third-order valence-electron chi connectivity index (χ3n) is 6.99. The summed E-state index contributed by atoms with van der Waals surface area (Å²) in [7, 11) is 7.91. The first kappa shape index (κ1) is 28.7. The zero-order valence-corrected chi connectivity index (χ0v) is 24.2. The monoisotopic (exact) mass is 547 g/mol. The standard InChI is InChI=1S/C32H37NO7/c1-20-12-21(2)14-24(13-20)40-19-26-25-18-28(36-4)27(35-3)17-23(25)10-11-33(26)31(34)9-8-22-15-29(37-5)32(39-7)30(16-22)38-6/h8-9,12-18,26H,10-11,19H2,1-7H3/b9-8+. The first-order chi connectivity index (χ1) is 19.3. The molecule has 0 bridgehead atoms. The van der Waals surface area contributed by atoms with Crippen molar-refractivity contribution in [2.75, 3.05) is 48.7 Å². The number of fused-ring (bicyclic) bond motifs is 1. The third kappa shape index (κ3) is 6.11. The van der Waals surface area contributed by atoms with Gasteiger partial charge in [0.1, 0.15) is 12.4 Å². The number of carbonyl (C=O) groups excluding carboxylic acids is 1. The van der Waals surface area contributed by atoms with Gasteiger partial charge in [0.25, 0.3) is 0 Å². The van der Waals surface area contributed by atoms with Gasteiger partial charge in [-0.15, -0.1) is 0 Å². The van der Waals surface area contributed by atoms with E-state index in [9.17, 15) is 4.79 Å². The molecular weight excluding hydrogens is 510 g/mol. The van der Waals surface area contributed by atoms with Crippen LogP contribution in [0.1, 0.15) is 33.9 Å². The van der Waals surface area contributed by atoms with Crippen LogP contribution in [0.2, 0.25) is 0 Å². The third-order valence-corrected chi connectivity index (χ3v) is 6.99. The number of nitrogens with zero attached hydrogens (tertiary/aromatic N) is 1. The highest BCUT2D eigenvalue weighted by atomic mass is 16.5. The molecule has 1 aliphatic rings. The molecule has 212 valence electrons. The van der Waals surface area contributed by atoms with Crippen molar-refractivity contribution in [3.63, 3.8) is 0 Å². The van der Waals surface area contributed by atoms with Crippen molar-refractivity contribution in [1.29, 1.82) is 0 Å². The van der Waals surface area contributed by atoms with E-state index in [4.69, 9.17) is 28.4 Å². The average Bonchev–Trinajstić information content (AvgIpc) is 2.96. The van der Waals surface area contributed by atoms with Gasteiger partial charge in [-0.05, 0) is 90.6 Å². The van der Waals surface area contributed by atoms with Gasteiger partial charge in [0.15, 0.2) is 23.0 Å². The summed E-state index contributed by atoms with van der Waals surface area (Å²) >= 11 is 0. The fraction of sp³-hybridized carbons (Fsp3) is 0.344. The molecule has 0 spiro atoms. The molecule has 3 aromatic rings. The fourth-order valence-corrected chi connectivity index (χ4v) is 5.12. The van der Waals surface area contributed by atoms with Crippen molar-refractivity contribution in [3.8, 4) is 34.5 Å². The lowest BCUT2D eigenvalue weighted by Crippen LogP contribution is -2.41. The second-order valence-corrected chi connectivity index (χ2v) is 9.63. The molecule has 4 rings (SSSR count). The number of hydrogen-bond acceptors (Lipinski definition) is 7. The van der Waals surface area contributed by atoms with E-state index >= 15 is 0 Å². The van der Waals surface area contributed by atoms with E-state index in [-0.39, 0.29) is 18.6 Å². The zero-order valence-electron chi connectivity index (χ0n) is 24.2. The Morgan fingerprint density at radius 2 is 1.40 bits per heavy atom. The van der Waals surface area contributed by atoms with Gasteiger partial charge in [-0.1, -0.05) is 6.07 Å². The molecule has 40 heavy (non-hydrogen) atoms. The Morgan fingerprint density at radius 3 is 1.98 bits per heavy atom. The first-order valence-corrected chi connectivity index (χ1v) is 13.1. The average molecular weight is 548 g/mol. The molecule has 0 radical (unpaired) electrons. The summed E-state index contributed by atoms with van der Waals surface area (Å²) in [6.07, 6.45) is 3.99. The molecule has 0 N–H and O–H groups in total. The number of carbonyl (C=O) groups is 1. The molecular formula is C32H37NO7. The highest BCUT2D eigenvalue weighted by Crippen LogP contribution is 2.40.